The van der Waals surface area contributed by atoms with Crippen LogP contribution in [0.1, 0.15) is 13.3 Å². The highest BCUT2D eigenvalue weighted by Gasteiger charge is 2.18. The summed E-state index contributed by atoms with van der Waals surface area (Å²) in [4.78, 5) is 29.2. The summed E-state index contributed by atoms with van der Waals surface area (Å²) >= 11 is 1.31. The van der Waals surface area contributed by atoms with Gasteiger partial charge in [-0.1, -0.05) is 18.7 Å². The first-order valence-electron chi connectivity index (χ1n) is 5.66. The van der Waals surface area contributed by atoms with E-state index in [9.17, 15) is 9.59 Å². The summed E-state index contributed by atoms with van der Waals surface area (Å²) in [6.07, 6.45) is 2.37. The van der Waals surface area contributed by atoms with Crippen LogP contribution in [0.4, 0.5) is 0 Å². The molecule has 1 rings (SSSR count). The van der Waals surface area contributed by atoms with E-state index in [1.807, 2.05) is 6.92 Å². The lowest BCUT2D eigenvalue weighted by atomic mass is 10.3. The lowest BCUT2D eigenvalue weighted by Gasteiger charge is -2.14. The Labute approximate surface area is 110 Å². The molecule has 1 unspecified atom stereocenters. The standard InChI is InChI=1S/C11H17N3O3S/c1-3-5-12-8(10(16)17-2)7-18-11-13-6-4-9(15)14-11/h4,6,8,12H,3,5,7H2,1-2H3,(H,13,14,15). The van der Waals surface area contributed by atoms with Crippen molar-refractivity contribution in [2.75, 3.05) is 19.4 Å². The molecule has 7 heteroatoms. The molecule has 1 aromatic rings. The number of thioether (sulfide) groups is 1. The normalized spacial score (nSPS) is 12.1. The largest absolute Gasteiger partial charge is 0.468 e. The number of methoxy groups -OCH3 is 1. The highest BCUT2D eigenvalue weighted by atomic mass is 32.2. The van der Waals surface area contributed by atoms with E-state index in [-0.39, 0.29) is 11.5 Å². The van der Waals surface area contributed by atoms with Crippen molar-refractivity contribution in [3.63, 3.8) is 0 Å². The summed E-state index contributed by atoms with van der Waals surface area (Å²) in [5.74, 6) is 0.147. The van der Waals surface area contributed by atoms with E-state index < -0.39 is 6.04 Å². The van der Waals surface area contributed by atoms with Gasteiger partial charge in [0.15, 0.2) is 5.16 Å². The number of aromatic nitrogens is 2. The molecule has 0 radical (unpaired) electrons. The molecule has 0 fully saturated rings. The van der Waals surface area contributed by atoms with Crippen molar-refractivity contribution < 1.29 is 9.53 Å². The van der Waals surface area contributed by atoms with E-state index in [0.29, 0.717) is 10.9 Å². The third kappa shape index (κ3) is 4.89. The molecule has 1 atom stereocenters. The first-order chi connectivity index (χ1) is 8.67. The van der Waals surface area contributed by atoms with Crippen LogP contribution in [0.3, 0.4) is 0 Å². The second-order valence-electron chi connectivity index (χ2n) is 3.58. The van der Waals surface area contributed by atoms with Crippen molar-refractivity contribution >= 4 is 17.7 Å². The lowest BCUT2D eigenvalue weighted by molar-refractivity contribution is -0.142. The summed E-state index contributed by atoms with van der Waals surface area (Å²) in [5, 5.41) is 3.58. The number of carbonyl (C=O) groups excluding carboxylic acids is 1. The molecule has 0 saturated heterocycles. The number of carbonyl (C=O) groups is 1. The second kappa shape index (κ2) is 7.88. The Balaban J connectivity index is 2.55. The van der Waals surface area contributed by atoms with Gasteiger partial charge in [-0.05, 0) is 13.0 Å². The zero-order valence-corrected chi connectivity index (χ0v) is 11.3. The molecule has 1 heterocycles. The van der Waals surface area contributed by atoms with E-state index in [1.54, 1.807) is 0 Å². The predicted molar refractivity (Wildman–Crippen MR) is 69.7 cm³/mol. The number of aromatic amines is 1. The smallest absolute Gasteiger partial charge is 0.323 e. The molecule has 100 valence electrons. The van der Waals surface area contributed by atoms with Crippen LogP contribution in [0.15, 0.2) is 22.2 Å². The molecule has 0 aliphatic heterocycles. The Morgan fingerprint density at radius 3 is 3.06 bits per heavy atom. The number of nitrogens with one attached hydrogen (secondary N) is 2. The van der Waals surface area contributed by atoms with Crippen molar-refractivity contribution in [2.24, 2.45) is 0 Å². The molecular weight excluding hydrogens is 254 g/mol. The number of ether oxygens (including phenoxy) is 1. The van der Waals surface area contributed by atoms with E-state index in [0.717, 1.165) is 13.0 Å². The maximum atomic E-state index is 11.5. The number of H-pyrrole nitrogens is 1. The first-order valence-corrected chi connectivity index (χ1v) is 6.65. The van der Waals surface area contributed by atoms with Gasteiger partial charge in [-0.15, -0.1) is 0 Å². The van der Waals surface area contributed by atoms with Crippen LogP contribution in [0.25, 0.3) is 0 Å². The van der Waals surface area contributed by atoms with Crippen molar-refractivity contribution in [2.45, 2.75) is 24.5 Å². The zero-order valence-electron chi connectivity index (χ0n) is 10.4. The summed E-state index contributed by atoms with van der Waals surface area (Å²) in [6, 6.07) is 0.947. The van der Waals surface area contributed by atoms with Crippen molar-refractivity contribution in [1.29, 1.82) is 0 Å². The van der Waals surface area contributed by atoms with E-state index >= 15 is 0 Å². The molecule has 0 aliphatic rings. The predicted octanol–water partition coefficient (Wildman–Crippen LogP) is 0.403. The van der Waals surface area contributed by atoms with Crippen LogP contribution in [0.5, 0.6) is 0 Å². The zero-order chi connectivity index (χ0) is 13.4. The van der Waals surface area contributed by atoms with Crippen LogP contribution in [0, 0.1) is 0 Å². The second-order valence-corrected chi connectivity index (χ2v) is 4.59. The van der Waals surface area contributed by atoms with E-state index in [4.69, 9.17) is 4.74 Å². The van der Waals surface area contributed by atoms with Crippen molar-refractivity contribution in [1.82, 2.24) is 15.3 Å². The third-order valence-electron chi connectivity index (χ3n) is 2.16. The fourth-order valence-electron chi connectivity index (χ4n) is 1.26. The van der Waals surface area contributed by atoms with Gasteiger partial charge in [0, 0.05) is 18.0 Å². The van der Waals surface area contributed by atoms with Crippen LogP contribution >= 0.6 is 11.8 Å². The molecular formula is C11H17N3O3S. The average Bonchev–Trinajstić information content (AvgIpc) is 2.38. The highest BCUT2D eigenvalue weighted by Crippen LogP contribution is 2.12. The van der Waals surface area contributed by atoms with Gasteiger partial charge in [0.05, 0.1) is 7.11 Å². The number of rotatable bonds is 7. The quantitative estimate of drug-likeness (QED) is 0.424. The molecule has 2 N–H and O–H groups in total. The van der Waals surface area contributed by atoms with Crippen LogP contribution in [0.2, 0.25) is 0 Å². The molecule has 0 aliphatic carbocycles. The molecule has 0 bridgehead atoms. The minimum absolute atomic E-state index is 0.205. The minimum Gasteiger partial charge on any atom is -0.468 e. The highest BCUT2D eigenvalue weighted by molar-refractivity contribution is 7.99. The molecule has 0 saturated carbocycles. The summed E-state index contributed by atoms with van der Waals surface area (Å²) in [7, 11) is 1.36. The third-order valence-corrected chi connectivity index (χ3v) is 3.14. The summed E-state index contributed by atoms with van der Waals surface area (Å²) in [5.41, 5.74) is -0.205. The average molecular weight is 271 g/mol. The van der Waals surface area contributed by atoms with E-state index in [2.05, 4.69) is 15.3 Å². The van der Waals surface area contributed by atoms with Crippen molar-refractivity contribution in [3.05, 3.63) is 22.6 Å². The Morgan fingerprint density at radius 1 is 1.67 bits per heavy atom. The molecule has 6 nitrogen and oxygen atoms in total. The van der Waals surface area contributed by atoms with Gasteiger partial charge in [-0.3, -0.25) is 9.59 Å². The Morgan fingerprint density at radius 2 is 2.44 bits per heavy atom. The van der Waals surface area contributed by atoms with Gasteiger partial charge >= 0.3 is 5.97 Å². The van der Waals surface area contributed by atoms with Gasteiger partial charge in [0.25, 0.3) is 5.56 Å². The van der Waals surface area contributed by atoms with Crippen LogP contribution in [-0.4, -0.2) is 41.4 Å². The maximum absolute atomic E-state index is 11.5. The lowest BCUT2D eigenvalue weighted by Crippen LogP contribution is -2.40. The van der Waals surface area contributed by atoms with Gasteiger partial charge < -0.3 is 15.0 Å². The summed E-state index contributed by atoms with van der Waals surface area (Å²) in [6.45, 7) is 2.75. The Bertz CT molecular complexity index is 436. The number of hydrogen-bond acceptors (Lipinski definition) is 6. The number of hydrogen-bond donors (Lipinski definition) is 2. The Hall–Kier alpha value is -1.34. The fraction of sp³-hybridized carbons (Fsp3) is 0.545. The molecule has 1 aromatic heterocycles. The summed E-state index contributed by atoms with van der Waals surface area (Å²) < 4.78 is 4.71. The van der Waals surface area contributed by atoms with E-state index in [1.165, 1.54) is 31.1 Å². The van der Waals surface area contributed by atoms with Crippen LogP contribution < -0.4 is 10.9 Å². The topological polar surface area (TPSA) is 84.1 Å². The minimum atomic E-state index is -0.398. The number of nitrogens with zero attached hydrogens (tertiary/aromatic N) is 1. The Kier molecular flexibility index (Phi) is 6.45. The van der Waals surface area contributed by atoms with Gasteiger partial charge in [-0.2, -0.15) is 0 Å². The van der Waals surface area contributed by atoms with Crippen LogP contribution in [-0.2, 0) is 9.53 Å². The van der Waals surface area contributed by atoms with Crippen molar-refractivity contribution in [3.8, 4) is 0 Å². The molecule has 0 aromatic carbocycles. The van der Waals surface area contributed by atoms with Gasteiger partial charge in [-0.25, -0.2) is 4.98 Å². The molecule has 18 heavy (non-hydrogen) atoms. The van der Waals surface area contributed by atoms with Gasteiger partial charge in [0.2, 0.25) is 0 Å². The first kappa shape index (κ1) is 14.7. The molecule has 0 spiro atoms. The fourth-order valence-corrected chi connectivity index (χ4v) is 2.15. The monoisotopic (exact) mass is 271 g/mol. The molecule has 0 amide bonds. The van der Waals surface area contributed by atoms with Gasteiger partial charge in [0.1, 0.15) is 6.04 Å². The SMILES string of the molecule is CCCNC(CSc1nccc(=O)[nH]1)C(=O)OC. The maximum Gasteiger partial charge on any atom is 0.323 e. The number of esters is 1.